The van der Waals surface area contributed by atoms with E-state index in [0.717, 1.165) is 51.9 Å². The predicted octanol–water partition coefficient (Wildman–Crippen LogP) is 5.02. The summed E-state index contributed by atoms with van der Waals surface area (Å²) >= 11 is 2.85. The maximum Gasteiger partial charge on any atom is 0.267 e. The molecule has 9 heteroatoms. The molecule has 37 heavy (non-hydrogen) atoms. The van der Waals surface area contributed by atoms with E-state index >= 15 is 0 Å². The monoisotopic (exact) mass is 532 g/mol. The lowest BCUT2D eigenvalue weighted by Crippen LogP contribution is -2.24. The highest BCUT2D eigenvalue weighted by atomic mass is 32.2. The summed E-state index contributed by atoms with van der Waals surface area (Å²) in [4.78, 5) is 45.0. The first-order valence-corrected chi connectivity index (χ1v) is 14.0. The first kappa shape index (κ1) is 25.2. The Morgan fingerprint density at radius 3 is 2.68 bits per heavy atom. The number of carbonyl (C=O) groups is 2. The third-order valence-electron chi connectivity index (χ3n) is 6.69. The number of nitrogens with one attached hydrogen (secondary N) is 1. The molecule has 2 aromatic heterocycles. The molecule has 0 radical (unpaired) electrons. The molecule has 7 nitrogen and oxygen atoms in total. The Hall–Kier alpha value is -3.43. The van der Waals surface area contributed by atoms with Crippen LogP contribution in [0.3, 0.4) is 0 Å². The Labute approximate surface area is 223 Å². The molecule has 0 bridgehead atoms. The van der Waals surface area contributed by atoms with Crippen molar-refractivity contribution >= 4 is 50.8 Å². The quantitative estimate of drug-likeness (QED) is 0.268. The molecule has 0 fully saturated rings. The van der Waals surface area contributed by atoms with Gasteiger partial charge in [0.25, 0.3) is 5.56 Å². The van der Waals surface area contributed by atoms with Gasteiger partial charge in [-0.1, -0.05) is 30.8 Å². The van der Waals surface area contributed by atoms with Gasteiger partial charge in [-0.2, -0.15) is 0 Å². The van der Waals surface area contributed by atoms with Gasteiger partial charge in [-0.25, -0.2) is 4.98 Å². The van der Waals surface area contributed by atoms with Gasteiger partial charge in [-0.15, -0.1) is 11.3 Å². The van der Waals surface area contributed by atoms with Crippen LogP contribution in [0.1, 0.15) is 45.3 Å². The van der Waals surface area contributed by atoms with Crippen molar-refractivity contribution in [2.75, 3.05) is 11.1 Å². The minimum absolute atomic E-state index is 0.0719. The summed E-state index contributed by atoms with van der Waals surface area (Å²) in [7, 11) is 0. The Balaban J connectivity index is 1.51. The molecular formula is C28H28N4O3S2. The summed E-state index contributed by atoms with van der Waals surface area (Å²) in [6, 6.07) is 12.4. The normalized spacial score (nSPS) is 14.9. The van der Waals surface area contributed by atoms with Crippen molar-refractivity contribution in [3.63, 3.8) is 0 Å². The van der Waals surface area contributed by atoms with E-state index < -0.39 is 5.91 Å². The maximum absolute atomic E-state index is 14.0. The second-order valence-electron chi connectivity index (χ2n) is 9.64. The van der Waals surface area contributed by atoms with Crippen molar-refractivity contribution in [1.82, 2.24) is 9.55 Å². The van der Waals surface area contributed by atoms with Crippen LogP contribution in [-0.4, -0.2) is 27.1 Å². The summed E-state index contributed by atoms with van der Waals surface area (Å²) < 4.78 is 1.68. The summed E-state index contributed by atoms with van der Waals surface area (Å²) in [5.41, 5.74) is 10.1. The number of thioether (sulfide) groups is 1. The van der Waals surface area contributed by atoms with E-state index in [-0.39, 0.29) is 17.2 Å². The van der Waals surface area contributed by atoms with Gasteiger partial charge < -0.3 is 11.1 Å². The number of carbonyl (C=O) groups excluding carboxylic acids is 2. The van der Waals surface area contributed by atoms with Crippen molar-refractivity contribution in [2.24, 2.45) is 11.7 Å². The van der Waals surface area contributed by atoms with E-state index in [2.05, 4.69) is 12.2 Å². The number of nitrogens with two attached hydrogens (primary N) is 1. The van der Waals surface area contributed by atoms with Crippen LogP contribution in [0, 0.1) is 19.8 Å². The highest BCUT2D eigenvalue weighted by molar-refractivity contribution is 7.99. The molecule has 2 aromatic carbocycles. The van der Waals surface area contributed by atoms with Crippen LogP contribution < -0.4 is 16.6 Å². The largest absolute Gasteiger partial charge is 0.366 e. The highest BCUT2D eigenvalue weighted by Crippen LogP contribution is 2.37. The van der Waals surface area contributed by atoms with Gasteiger partial charge in [-0.05, 0) is 86.1 Å². The molecule has 190 valence electrons. The molecule has 0 saturated carbocycles. The van der Waals surface area contributed by atoms with Gasteiger partial charge in [-0.3, -0.25) is 19.0 Å². The number of nitrogens with zero attached hydrogens (tertiary/aromatic N) is 2. The number of benzene rings is 2. The van der Waals surface area contributed by atoms with Crippen LogP contribution in [0.15, 0.2) is 52.4 Å². The molecule has 1 aliphatic rings. The number of amides is 2. The minimum atomic E-state index is -0.524. The van der Waals surface area contributed by atoms with E-state index in [1.165, 1.54) is 16.6 Å². The fourth-order valence-electron chi connectivity index (χ4n) is 4.69. The number of thiophene rings is 1. The van der Waals surface area contributed by atoms with Crippen molar-refractivity contribution < 1.29 is 9.59 Å². The van der Waals surface area contributed by atoms with Crippen molar-refractivity contribution in [3.05, 3.63) is 79.9 Å². The Bertz CT molecular complexity index is 1590. The first-order valence-electron chi connectivity index (χ1n) is 12.2. The van der Waals surface area contributed by atoms with Crippen molar-refractivity contribution in [1.29, 1.82) is 0 Å². The molecule has 1 unspecified atom stereocenters. The third kappa shape index (κ3) is 5.06. The number of anilines is 1. The van der Waals surface area contributed by atoms with Gasteiger partial charge in [0.1, 0.15) is 4.83 Å². The Morgan fingerprint density at radius 2 is 1.95 bits per heavy atom. The molecule has 1 atom stereocenters. The first-order chi connectivity index (χ1) is 17.7. The minimum Gasteiger partial charge on any atom is -0.366 e. The fourth-order valence-corrected chi connectivity index (χ4v) is 6.92. The highest BCUT2D eigenvalue weighted by Gasteiger charge is 2.26. The van der Waals surface area contributed by atoms with Crippen LogP contribution in [0.2, 0.25) is 0 Å². The van der Waals surface area contributed by atoms with Gasteiger partial charge in [0.05, 0.1) is 16.8 Å². The standard InChI is InChI=1S/C28H28N4O3S2/c1-15-4-6-17(3)21(12-15)32-27(35)24-20-11-5-16(2)13-22(20)37-26(24)31-28(32)36-14-23(33)30-19-9-7-18(8-10-19)25(29)34/h4,6-10,12,16H,5,11,13-14H2,1-3H3,(H2,29,34)(H,30,33). The number of primary amides is 1. The predicted molar refractivity (Wildman–Crippen MR) is 150 cm³/mol. The fraction of sp³-hybridized carbons (Fsp3) is 0.286. The van der Waals surface area contributed by atoms with Gasteiger partial charge in [0, 0.05) is 16.1 Å². The van der Waals surface area contributed by atoms with Gasteiger partial charge in [0.15, 0.2) is 5.16 Å². The second-order valence-corrected chi connectivity index (χ2v) is 11.7. The van der Waals surface area contributed by atoms with Gasteiger partial charge >= 0.3 is 0 Å². The van der Waals surface area contributed by atoms with Crippen LogP contribution >= 0.6 is 23.1 Å². The summed E-state index contributed by atoms with van der Waals surface area (Å²) in [5, 5.41) is 4.05. The lowest BCUT2D eigenvalue weighted by Gasteiger charge is -2.18. The van der Waals surface area contributed by atoms with E-state index in [1.54, 1.807) is 40.2 Å². The third-order valence-corrected chi connectivity index (χ3v) is 8.78. The lowest BCUT2D eigenvalue weighted by atomic mass is 9.89. The average Bonchev–Trinajstić information content (AvgIpc) is 3.22. The SMILES string of the molecule is Cc1ccc(C)c(-n2c(SCC(=O)Nc3ccc(C(N)=O)cc3)nc3sc4c(c3c2=O)CCC(C)C4)c1. The molecule has 4 aromatic rings. The zero-order valence-corrected chi connectivity index (χ0v) is 22.6. The zero-order valence-electron chi connectivity index (χ0n) is 21.0. The van der Waals surface area contributed by atoms with Crippen LogP contribution in [0.25, 0.3) is 15.9 Å². The van der Waals surface area contributed by atoms with Gasteiger partial charge in [0.2, 0.25) is 11.8 Å². The molecule has 2 heterocycles. The van der Waals surface area contributed by atoms with Crippen molar-refractivity contribution in [3.8, 4) is 5.69 Å². The zero-order chi connectivity index (χ0) is 26.3. The molecule has 3 N–H and O–H groups in total. The number of aromatic nitrogens is 2. The average molecular weight is 533 g/mol. The molecule has 5 rings (SSSR count). The number of rotatable bonds is 6. The molecule has 2 amide bonds. The van der Waals surface area contributed by atoms with Crippen LogP contribution in [0.4, 0.5) is 5.69 Å². The summed E-state index contributed by atoms with van der Waals surface area (Å²) in [5.74, 6) is -0.0962. The lowest BCUT2D eigenvalue weighted by molar-refractivity contribution is -0.113. The van der Waals surface area contributed by atoms with Crippen LogP contribution in [-0.2, 0) is 17.6 Å². The number of fused-ring (bicyclic) bond motifs is 3. The summed E-state index contributed by atoms with van der Waals surface area (Å²) in [6.07, 6.45) is 2.93. The molecule has 0 saturated heterocycles. The van der Waals surface area contributed by atoms with Crippen LogP contribution in [0.5, 0.6) is 0 Å². The molecule has 1 aliphatic carbocycles. The maximum atomic E-state index is 14.0. The van der Waals surface area contributed by atoms with E-state index in [1.807, 2.05) is 32.0 Å². The van der Waals surface area contributed by atoms with Crippen molar-refractivity contribution in [2.45, 2.75) is 45.2 Å². The summed E-state index contributed by atoms with van der Waals surface area (Å²) in [6.45, 7) is 6.22. The topological polar surface area (TPSA) is 107 Å². The number of hydrogen-bond donors (Lipinski definition) is 2. The Morgan fingerprint density at radius 1 is 1.19 bits per heavy atom. The molecule has 0 aliphatic heterocycles. The number of aryl methyl sites for hydroxylation is 3. The van der Waals surface area contributed by atoms with E-state index in [4.69, 9.17) is 10.7 Å². The second kappa shape index (κ2) is 10.1. The number of hydrogen-bond acceptors (Lipinski definition) is 6. The van der Waals surface area contributed by atoms with E-state index in [0.29, 0.717) is 22.3 Å². The molecule has 0 spiro atoms. The Kier molecular flexibility index (Phi) is 6.92. The van der Waals surface area contributed by atoms with E-state index in [9.17, 15) is 14.4 Å². The molecular weight excluding hydrogens is 504 g/mol. The smallest absolute Gasteiger partial charge is 0.267 e.